The molecule has 2 heteroatoms. The van der Waals surface area contributed by atoms with Gasteiger partial charge in [-0.25, -0.2) is 0 Å². The number of hydrogen-bond acceptors (Lipinski definition) is 2. The Bertz CT molecular complexity index is 507. The van der Waals surface area contributed by atoms with Crippen molar-refractivity contribution < 1.29 is 0 Å². The molecule has 2 aromatic rings. The number of thiol groups is 1. The molecular formula is C18H21NS. The molecule has 0 bridgehead atoms. The standard InChI is InChI=1S/C12H15N.C6H6S/c1-3-7-12(8-4-1)11-13-9-5-2-6-10-13;7-6-4-2-1-3-5-6/h1-5,7-8H,6,9-11H2;1-5,7H. The molecule has 0 atom stereocenters. The van der Waals surface area contributed by atoms with Crippen molar-refractivity contribution in [1.29, 1.82) is 0 Å². The Morgan fingerprint density at radius 3 is 2.00 bits per heavy atom. The average Bonchev–Trinajstić information content (AvgIpc) is 2.51. The van der Waals surface area contributed by atoms with Crippen LogP contribution >= 0.6 is 12.6 Å². The molecule has 104 valence electrons. The van der Waals surface area contributed by atoms with E-state index in [0.29, 0.717) is 0 Å². The number of nitrogens with zero attached hydrogens (tertiary/aromatic N) is 1. The quantitative estimate of drug-likeness (QED) is 0.630. The molecule has 0 N–H and O–H groups in total. The lowest BCUT2D eigenvalue weighted by molar-refractivity contribution is 0.291. The van der Waals surface area contributed by atoms with Crippen LogP contribution in [-0.2, 0) is 6.54 Å². The zero-order valence-electron chi connectivity index (χ0n) is 11.7. The minimum absolute atomic E-state index is 1.02. The zero-order valence-corrected chi connectivity index (χ0v) is 12.5. The van der Waals surface area contributed by atoms with E-state index in [-0.39, 0.29) is 0 Å². The normalized spacial score (nSPS) is 14.4. The fourth-order valence-corrected chi connectivity index (χ4v) is 2.28. The summed E-state index contributed by atoms with van der Waals surface area (Å²) >= 11 is 4.08. The molecule has 3 rings (SSSR count). The van der Waals surface area contributed by atoms with Crippen molar-refractivity contribution in [3.8, 4) is 0 Å². The first-order chi connectivity index (χ1) is 9.84. The maximum absolute atomic E-state index is 4.08. The summed E-state index contributed by atoms with van der Waals surface area (Å²) in [4.78, 5) is 3.48. The molecule has 0 saturated carbocycles. The largest absolute Gasteiger partial charge is 0.295 e. The molecule has 1 heterocycles. The molecule has 2 aromatic carbocycles. The van der Waals surface area contributed by atoms with E-state index in [1.165, 1.54) is 18.5 Å². The topological polar surface area (TPSA) is 3.24 Å². The van der Waals surface area contributed by atoms with E-state index in [0.717, 1.165) is 18.0 Å². The average molecular weight is 283 g/mol. The van der Waals surface area contributed by atoms with E-state index >= 15 is 0 Å². The van der Waals surface area contributed by atoms with Crippen LogP contribution in [0.1, 0.15) is 12.0 Å². The van der Waals surface area contributed by atoms with Gasteiger partial charge in [0.1, 0.15) is 0 Å². The summed E-state index contributed by atoms with van der Waals surface area (Å²) in [6.07, 6.45) is 5.72. The molecule has 1 aliphatic heterocycles. The Morgan fingerprint density at radius 2 is 1.50 bits per heavy atom. The van der Waals surface area contributed by atoms with Gasteiger partial charge in [0.05, 0.1) is 0 Å². The molecule has 1 nitrogen and oxygen atoms in total. The summed E-state index contributed by atoms with van der Waals surface area (Å²) < 4.78 is 0. The van der Waals surface area contributed by atoms with Crippen molar-refractivity contribution >= 4 is 12.6 Å². The summed E-state index contributed by atoms with van der Waals surface area (Å²) in [5.41, 5.74) is 1.41. The van der Waals surface area contributed by atoms with Crippen molar-refractivity contribution in [2.75, 3.05) is 13.1 Å². The molecule has 20 heavy (non-hydrogen) atoms. The van der Waals surface area contributed by atoms with Crippen LogP contribution in [0.3, 0.4) is 0 Å². The highest BCUT2D eigenvalue weighted by Gasteiger charge is 2.05. The lowest BCUT2D eigenvalue weighted by atomic mass is 10.2. The highest BCUT2D eigenvalue weighted by Crippen LogP contribution is 2.07. The maximum Gasteiger partial charge on any atom is 0.0237 e. The monoisotopic (exact) mass is 283 g/mol. The summed E-state index contributed by atoms with van der Waals surface area (Å²) in [5.74, 6) is 0. The van der Waals surface area contributed by atoms with Crippen molar-refractivity contribution in [1.82, 2.24) is 4.90 Å². The van der Waals surface area contributed by atoms with Crippen LogP contribution in [0, 0.1) is 0 Å². The van der Waals surface area contributed by atoms with Gasteiger partial charge in [0.2, 0.25) is 0 Å². The van der Waals surface area contributed by atoms with Crippen molar-refractivity contribution in [2.45, 2.75) is 17.9 Å². The molecule has 0 unspecified atom stereocenters. The van der Waals surface area contributed by atoms with Gasteiger partial charge in [0, 0.05) is 24.5 Å². The fourth-order valence-electron chi connectivity index (χ4n) is 2.10. The third-order valence-electron chi connectivity index (χ3n) is 3.15. The van der Waals surface area contributed by atoms with Crippen LogP contribution in [-0.4, -0.2) is 18.0 Å². The van der Waals surface area contributed by atoms with E-state index in [1.54, 1.807) is 0 Å². The second kappa shape index (κ2) is 8.62. The summed E-state index contributed by atoms with van der Waals surface area (Å²) in [6, 6.07) is 20.5. The molecule has 0 radical (unpaired) electrons. The number of hydrogen-bond donors (Lipinski definition) is 1. The summed E-state index contributed by atoms with van der Waals surface area (Å²) in [7, 11) is 0. The van der Waals surface area contributed by atoms with Gasteiger partial charge in [-0.3, -0.25) is 4.90 Å². The predicted octanol–water partition coefficient (Wildman–Crippen LogP) is 4.42. The third kappa shape index (κ3) is 5.64. The fraction of sp³-hybridized carbons (Fsp3) is 0.222. The lowest BCUT2D eigenvalue weighted by Crippen LogP contribution is -2.26. The second-order valence-electron chi connectivity index (χ2n) is 4.82. The molecule has 0 aromatic heterocycles. The molecule has 0 amide bonds. The van der Waals surface area contributed by atoms with E-state index in [2.05, 4.69) is 60.0 Å². The highest BCUT2D eigenvalue weighted by molar-refractivity contribution is 7.80. The SMILES string of the molecule is C1=CCN(Cc2ccccc2)CC1.Sc1ccccc1. The number of rotatable bonds is 2. The van der Waals surface area contributed by atoms with Gasteiger partial charge in [0.15, 0.2) is 0 Å². The van der Waals surface area contributed by atoms with E-state index in [9.17, 15) is 0 Å². The lowest BCUT2D eigenvalue weighted by Gasteiger charge is -2.22. The van der Waals surface area contributed by atoms with Gasteiger partial charge in [-0.05, 0) is 24.1 Å². The third-order valence-corrected chi connectivity index (χ3v) is 3.45. The van der Waals surface area contributed by atoms with Gasteiger partial charge >= 0.3 is 0 Å². The summed E-state index contributed by atoms with van der Waals surface area (Å²) in [5, 5.41) is 0. The van der Waals surface area contributed by atoms with Gasteiger partial charge in [-0.2, -0.15) is 0 Å². The van der Waals surface area contributed by atoms with Crippen LogP contribution in [0.5, 0.6) is 0 Å². The highest BCUT2D eigenvalue weighted by atomic mass is 32.1. The van der Waals surface area contributed by atoms with Crippen molar-refractivity contribution in [3.63, 3.8) is 0 Å². The molecule has 0 aliphatic carbocycles. The van der Waals surface area contributed by atoms with Crippen LogP contribution in [0.15, 0.2) is 77.7 Å². The van der Waals surface area contributed by atoms with Crippen molar-refractivity contribution in [2.24, 2.45) is 0 Å². The van der Waals surface area contributed by atoms with Crippen molar-refractivity contribution in [3.05, 3.63) is 78.4 Å². The van der Waals surface area contributed by atoms with E-state index in [1.807, 2.05) is 30.3 Å². The maximum atomic E-state index is 4.08. The summed E-state index contributed by atoms with van der Waals surface area (Å²) in [6.45, 7) is 3.39. The molecule has 0 saturated heterocycles. The number of benzene rings is 2. The van der Waals surface area contributed by atoms with Crippen LogP contribution in [0.4, 0.5) is 0 Å². The van der Waals surface area contributed by atoms with Crippen LogP contribution in [0.2, 0.25) is 0 Å². The minimum Gasteiger partial charge on any atom is -0.295 e. The Kier molecular flexibility index (Phi) is 6.42. The first-order valence-corrected chi connectivity index (χ1v) is 7.44. The smallest absolute Gasteiger partial charge is 0.0237 e. The first kappa shape index (κ1) is 14.9. The predicted molar refractivity (Wildman–Crippen MR) is 89.2 cm³/mol. The molecule has 0 fully saturated rings. The Hall–Kier alpha value is -1.51. The van der Waals surface area contributed by atoms with E-state index < -0.39 is 0 Å². The molecule has 0 spiro atoms. The zero-order chi connectivity index (χ0) is 14.0. The van der Waals surface area contributed by atoms with Gasteiger partial charge in [0.25, 0.3) is 0 Å². The Morgan fingerprint density at radius 1 is 0.850 bits per heavy atom. The van der Waals surface area contributed by atoms with Gasteiger partial charge < -0.3 is 0 Å². The van der Waals surface area contributed by atoms with Gasteiger partial charge in [-0.15, -0.1) is 12.6 Å². The Balaban J connectivity index is 0.000000178. The molecule has 1 aliphatic rings. The van der Waals surface area contributed by atoms with Crippen LogP contribution < -0.4 is 0 Å². The van der Waals surface area contributed by atoms with Crippen LogP contribution in [0.25, 0.3) is 0 Å². The second-order valence-corrected chi connectivity index (χ2v) is 5.33. The molecular weight excluding hydrogens is 262 g/mol. The van der Waals surface area contributed by atoms with Gasteiger partial charge in [-0.1, -0.05) is 60.7 Å². The minimum atomic E-state index is 1.02. The van der Waals surface area contributed by atoms with E-state index in [4.69, 9.17) is 0 Å². The first-order valence-electron chi connectivity index (χ1n) is 7.00. The Labute approximate surface area is 127 Å².